The van der Waals surface area contributed by atoms with Crippen molar-refractivity contribution in [1.82, 2.24) is 14.2 Å². The fourth-order valence-electron chi connectivity index (χ4n) is 3.84. The molecule has 0 saturated carbocycles. The van der Waals surface area contributed by atoms with Gasteiger partial charge >= 0.3 is 5.97 Å². The Balaban J connectivity index is 1.40. The lowest BCUT2D eigenvalue weighted by Crippen LogP contribution is -2.47. The van der Waals surface area contributed by atoms with Crippen LogP contribution in [0.1, 0.15) is 23.2 Å². The highest BCUT2D eigenvalue weighted by Crippen LogP contribution is 2.23. The van der Waals surface area contributed by atoms with Crippen LogP contribution in [-0.4, -0.2) is 56.0 Å². The second-order valence-electron chi connectivity index (χ2n) is 7.39. The zero-order valence-electron chi connectivity index (χ0n) is 17.0. The molecule has 1 aromatic carbocycles. The van der Waals surface area contributed by atoms with E-state index in [9.17, 15) is 18.0 Å². The van der Waals surface area contributed by atoms with E-state index in [0.717, 1.165) is 10.9 Å². The van der Waals surface area contributed by atoms with Crippen molar-refractivity contribution in [3.05, 3.63) is 53.5 Å². The molecule has 1 aliphatic rings. The van der Waals surface area contributed by atoms with E-state index in [4.69, 9.17) is 4.74 Å². The van der Waals surface area contributed by atoms with E-state index < -0.39 is 16.0 Å². The minimum Gasteiger partial charge on any atom is -0.465 e. The molecule has 0 unspecified atom stereocenters. The number of carbonyl (C=O) groups is 2. The molecule has 0 bridgehead atoms. The number of esters is 1. The number of piperidine rings is 1. The van der Waals surface area contributed by atoms with Gasteiger partial charge in [-0.2, -0.15) is 0 Å². The second-order valence-corrected chi connectivity index (χ2v) is 10.3. The number of fused-ring (bicyclic) bond motifs is 1. The first-order valence-electron chi connectivity index (χ1n) is 9.89. The molecule has 1 saturated heterocycles. The van der Waals surface area contributed by atoms with Crippen LogP contribution in [-0.2, 0) is 26.1 Å². The van der Waals surface area contributed by atoms with Crippen LogP contribution in [0.15, 0.2) is 52.2 Å². The fourth-order valence-corrected chi connectivity index (χ4v) is 6.15. The molecule has 4 rings (SSSR count). The lowest BCUT2D eigenvalue weighted by atomic mass is 10.1. The molecule has 10 heteroatoms. The van der Waals surface area contributed by atoms with Gasteiger partial charge in [0.25, 0.3) is 0 Å². The third-order valence-electron chi connectivity index (χ3n) is 5.43. The molecule has 3 aromatic rings. The number of thiophene rings is 1. The van der Waals surface area contributed by atoms with Gasteiger partial charge in [0.05, 0.1) is 12.7 Å². The van der Waals surface area contributed by atoms with Crippen LogP contribution >= 0.6 is 11.3 Å². The maximum Gasteiger partial charge on any atom is 0.340 e. The average Bonchev–Trinajstić information content (AvgIpc) is 3.43. The summed E-state index contributed by atoms with van der Waals surface area (Å²) in [5, 5.41) is 2.47. The molecular formula is C21H23N3O5S2. The third-order valence-corrected chi connectivity index (χ3v) is 8.35. The SMILES string of the molecule is COC(=O)c1cn(CC(=O)N2CCC(NS(=O)(=O)c3cccs3)CC2)c2ccccc12. The van der Waals surface area contributed by atoms with Crippen LogP contribution in [0, 0.1) is 0 Å². The summed E-state index contributed by atoms with van der Waals surface area (Å²) in [7, 11) is -2.19. The number of sulfonamides is 1. The topological polar surface area (TPSA) is 97.7 Å². The predicted molar refractivity (Wildman–Crippen MR) is 118 cm³/mol. The number of benzene rings is 1. The molecule has 1 aliphatic heterocycles. The Labute approximate surface area is 184 Å². The van der Waals surface area contributed by atoms with Crippen LogP contribution in [0.3, 0.4) is 0 Å². The molecule has 1 N–H and O–H groups in total. The molecule has 3 heterocycles. The van der Waals surface area contributed by atoms with Crippen LogP contribution in [0.5, 0.6) is 0 Å². The lowest BCUT2D eigenvalue weighted by Gasteiger charge is -2.32. The fraction of sp³-hybridized carbons (Fsp3) is 0.333. The lowest BCUT2D eigenvalue weighted by molar-refractivity contribution is -0.132. The number of nitrogens with one attached hydrogen (secondary N) is 1. The summed E-state index contributed by atoms with van der Waals surface area (Å²) >= 11 is 1.18. The van der Waals surface area contributed by atoms with Gasteiger partial charge in [-0.3, -0.25) is 4.79 Å². The van der Waals surface area contributed by atoms with Crippen LogP contribution in [0.25, 0.3) is 10.9 Å². The summed E-state index contributed by atoms with van der Waals surface area (Å²) in [4.78, 5) is 26.7. The largest absolute Gasteiger partial charge is 0.465 e. The number of carbonyl (C=O) groups excluding carboxylic acids is 2. The minimum atomic E-state index is -3.52. The van der Waals surface area contributed by atoms with Crippen molar-refractivity contribution in [3.8, 4) is 0 Å². The quantitative estimate of drug-likeness (QED) is 0.569. The minimum absolute atomic E-state index is 0.0725. The van der Waals surface area contributed by atoms with Gasteiger partial charge in [-0.25, -0.2) is 17.9 Å². The first-order chi connectivity index (χ1) is 14.9. The number of likely N-dealkylation sites (tertiary alicyclic amines) is 1. The van der Waals surface area contributed by atoms with Gasteiger partial charge < -0.3 is 14.2 Å². The molecule has 31 heavy (non-hydrogen) atoms. The number of aromatic nitrogens is 1. The van der Waals surface area contributed by atoms with Gasteiger partial charge in [0.2, 0.25) is 15.9 Å². The van der Waals surface area contributed by atoms with Crippen molar-refractivity contribution >= 4 is 44.1 Å². The van der Waals surface area contributed by atoms with Crippen molar-refractivity contribution in [2.24, 2.45) is 0 Å². The van der Waals surface area contributed by atoms with Crippen molar-refractivity contribution in [1.29, 1.82) is 0 Å². The zero-order valence-corrected chi connectivity index (χ0v) is 18.6. The average molecular weight is 462 g/mol. The second kappa shape index (κ2) is 8.81. The smallest absolute Gasteiger partial charge is 0.340 e. The molecule has 1 fully saturated rings. The summed E-state index contributed by atoms with van der Waals surface area (Å²) in [6.07, 6.45) is 2.75. The van der Waals surface area contributed by atoms with Crippen molar-refractivity contribution in [2.75, 3.05) is 20.2 Å². The van der Waals surface area contributed by atoms with Crippen LogP contribution in [0.2, 0.25) is 0 Å². The number of amides is 1. The highest BCUT2D eigenvalue weighted by molar-refractivity contribution is 7.91. The molecule has 1 amide bonds. The van der Waals surface area contributed by atoms with Gasteiger partial charge in [-0.05, 0) is 30.4 Å². The molecule has 0 radical (unpaired) electrons. The Hall–Kier alpha value is -2.69. The summed E-state index contributed by atoms with van der Waals surface area (Å²) in [6.45, 7) is 1.04. The standard InChI is InChI=1S/C21H23N3O5S2/c1-29-21(26)17-13-24(18-6-3-2-5-16(17)18)14-19(25)23-10-8-15(9-11-23)22-31(27,28)20-7-4-12-30-20/h2-7,12-13,15,22H,8-11,14H2,1H3. The van der Waals surface area contributed by atoms with E-state index >= 15 is 0 Å². The van der Waals surface area contributed by atoms with E-state index in [1.165, 1.54) is 18.4 Å². The summed E-state index contributed by atoms with van der Waals surface area (Å²) in [6, 6.07) is 10.5. The van der Waals surface area contributed by atoms with Gasteiger partial charge in [-0.1, -0.05) is 24.3 Å². The van der Waals surface area contributed by atoms with E-state index in [1.54, 1.807) is 33.2 Å². The normalized spacial score (nSPS) is 15.3. The first-order valence-corrected chi connectivity index (χ1v) is 12.2. The van der Waals surface area contributed by atoms with Gasteiger partial charge in [0.1, 0.15) is 10.8 Å². The van der Waals surface area contributed by atoms with Crippen molar-refractivity contribution < 1.29 is 22.7 Å². The highest BCUT2D eigenvalue weighted by atomic mass is 32.2. The van der Waals surface area contributed by atoms with Crippen LogP contribution in [0.4, 0.5) is 0 Å². The summed E-state index contributed by atoms with van der Waals surface area (Å²) in [5.41, 5.74) is 1.21. The Morgan fingerprint density at radius 2 is 1.90 bits per heavy atom. The van der Waals surface area contributed by atoms with Crippen molar-refractivity contribution in [2.45, 2.75) is 29.6 Å². The number of hydrogen-bond acceptors (Lipinski definition) is 6. The molecule has 8 nitrogen and oxygen atoms in total. The third kappa shape index (κ3) is 4.51. The number of rotatable bonds is 6. The number of hydrogen-bond donors (Lipinski definition) is 1. The maximum atomic E-state index is 12.9. The van der Waals surface area contributed by atoms with E-state index in [1.807, 2.05) is 24.3 Å². The Morgan fingerprint density at radius 3 is 2.58 bits per heavy atom. The summed E-state index contributed by atoms with van der Waals surface area (Å²) in [5.74, 6) is -0.516. The molecule has 0 spiro atoms. The maximum absolute atomic E-state index is 12.9. The number of para-hydroxylation sites is 1. The van der Waals surface area contributed by atoms with Gasteiger partial charge in [0, 0.05) is 36.2 Å². The Kier molecular flexibility index (Phi) is 6.12. The van der Waals surface area contributed by atoms with Gasteiger partial charge in [-0.15, -0.1) is 11.3 Å². The number of ether oxygens (including phenoxy) is 1. The number of nitrogens with zero attached hydrogens (tertiary/aromatic N) is 2. The Bertz CT molecular complexity index is 1190. The first kappa shape index (κ1) is 21.5. The number of methoxy groups -OCH3 is 1. The zero-order chi connectivity index (χ0) is 22.0. The monoisotopic (exact) mass is 461 g/mol. The van der Waals surface area contributed by atoms with E-state index in [-0.39, 0.29) is 18.5 Å². The molecule has 164 valence electrons. The molecule has 2 aromatic heterocycles. The van der Waals surface area contributed by atoms with Crippen LogP contribution < -0.4 is 4.72 Å². The highest BCUT2D eigenvalue weighted by Gasteiger charge is 2.27. The summed E-state index contributed by atoms with van der Waals surface area (Å²) < 4.78 is 34.5. The Morgan fingerprint density at radius 1 is 1.16 bits per heavy atom. The predicted octanol–water partition coefficient (Wildman–Crippen LogP) is 2.46. The van der Waals surface area contributed by atoms with E-state index in [2.05, 4.69) is 4.72 Å². The van der Waals surface area contributed by atoms with E-state index in [0.29, 0.717) is 35.7 Å². The molecular weight excluding hydrogens is 438 g/mol. The van der Waals surface area contributed by atoms with Gasteiger partial charge in [0.15, 0.2) is 0 Å². The van der Waals surface area contributed by atoms with Crippen molar-refractivity contribution in [3.63, 3.8) is 0 Å². The molecule has 0 aliphatic carbocycles. The molecule has 0 atom stereocenters.